The molecule has 1 rings (SSSR count). The van der Waals surface area contributed by atoms with E-state index in [1.807, 2.05) is 0 Å². The van der Waals surface area contributed by atoms with Crippen LogP contribution in [0.5, 0.6) is 0 Å². The molecule has 1 heterocycles. The van der Waals surface area contributed by atoms with Crippen LogP contribution in [-0.2, 0) is 11.2 Å². The second-order valence-electron chi connectivity index (χ2n) is 2.82. The molecule has 1 aromatic heterocycles. The molecule has 0 N–H and O–H groups in total. The molecule has 0 aliphatic carbocycles. The van der Waals surface area contributed by atoms with Crippen molar-refractivity contribution in [2.24, 2.45) is 0 Å². The van der Waals surface area contributed by atoms with Crippen LogP contribution in [0.25, 0.3) is 0 Å². The molecule has 4 heteroatoms. The number of thiophene rings is 1. The highest BCUT2D eigenvalue weighted by Gasteiger charge is 2.05. The Morgan fingerprint density at radius 1 is 1.69 bits per heavy atom. The standard InChI is InChI=1S/C9H12BrClOS/c1-12-5-8(11)2-3-9-4-7(10)6-13-9/h4,6,8H,2-3,5H2,1H3. The molecule has 0 radical (unpaired) electrons. The molecular weight excluding hydrogens is 272 g/mol. The van der Waals surface area contributed by atoms with Gasteiger partial charge in [0, 0.05) is 21.8 Å². The van der Waals surface area contributed by atoms with Crippen LogP contribution in [-0.4, -0.2) is 19.1 Å². The molecule has 1 nitrogen and oxygen atoms in total. The summed E-state index contributed by atoms with van der Waals surface area (Å²) in [6, 6.07) is 2.14. The normalized spacial score (nSPS) is 13.2. The maximum atomic E-state index is 6.01. The molecule has 1 aromatic rings. The average Bonchev–Trinajstić information content (AvgIpc) is 2.49. The summed E-state index contributed by atoms with van der Waals surface area (Å²) in [6.07, 6.45) is 2.01. The van der Waals surface area contributed by atoms with E-state index in [-0.39, 0.29) is 5.38 Å². The first kappa shape index (κ1) is 11.5. The van der Waals surface area contributed by atoms with Gasteiger partial charge in [-0.15, -0.1) is 22.9 Å². The summed E-state index contributed by atoms with van der Waals surface area (Å²) in [7, 11) is 1.68. The van der Waals surface area contributed by atoms with E-state index in [0.717, 1.165) is 17.3 Å². The molecule has 0 aliphatic heterocycles. The van der Waals surface area contributed by atoms with Gasteiger partial charge in [0.1, 0.15) is 0 Å². The minimum atomic E-state index is 0.130. The highest BCUT2D eigenvalue weighted by molar-refractivity contribution is 9.10. The zero-order chi connectivity index (χ0) is 9.68. The Balaban J connectivity index is 2.26. The fourth-order valence-corrected chi connectivity index (χ4v) is 2.75. The summed E-state index contributed by atoms with van der Waals surface area (Å²) in [4.78, 5) is 1.37. The van der Waals surface area contributed by atoms with Crippen molar-refractivity contribution in [3.05, 3.63) is 20.8 Å². The first-order valence-corrected chi connectivity index (χ1v) is 6.19. The second-order valence-corrected chi connectivity index (χ2v) is 5.35. The Labute approximate surface area is 96.2 Å². The molecule has 1 unspecified atom stereocenters. The summed E-state index contributed by atoms with van der Waals surface area (Å²) in [5.74, 6) is 0. The lowest BCUT2D eigenvalue weighted by Gasteiger charge is -2.05. The molecule has 1 atom stereocenters. The number of alkyl halides is 1. The Morgan fingerprint density at radius 2 is 2.46 bits per heavy atom. The molecular formula is C9H12BrClOS. The van der Waals surface area contributed by atoms with E-state index in [0.29, 0.717) is 6.61 Å². The number of halogens is 2. The van der Waals surface area contributed by atoms with Gasteiger partial charge in [0.05, 0.1) is 12.0 Å². The second kappa shape index (κ2) is 6.02. The van der Waals surface area contributed by atoms with Crippen LogP contribution < -0.4 is 0 Å². The van der Waals surface area contributed by atoms with Crippen molar-refractivity contribution in [3.8, 4) is 0 Å². The average molecular weight is 284 g/mol. The van der Waals surface area contributed by atoms with Gasteiger partial charge < -0.3 is 4.74 Å². The largest absolute Gasteiger partial charge is 0.383 e. The van der Waals surface area contributed by atoms with Gasteiger partial charge in [-0.3, -0.25) is 0 Å². The molecule has 13 heavy (non-hydrogen) atoms. The predicted molar refractivity (Wildman–Crippen MR) is 61.9 cm³/mol. The van der Waals surface area contributed by atoms with Crippen molar-refractivity contribution in [1.82, 2.24) is 0 Å². The summed E-state index contributed by atoms with van der Waals surface area (Å²) in [5.41, 5.74) is 0. The number of methoxy groups -OCH3 is 1. The van der Waals surface area contributed by atoms with Gasteiger partial charge in [-0.05, 0) is 34.8 Å². The lowest BCUT2D eigenvalue weighted by molar-refractivity contribution is 0.195. The van der Waals surface area contributed by atoms with Crippen LogP contribution >= 0.6 is 38.9 Å². The quantitative estimate of drug-likeness (QED) is 0.749. The molecule has 0 aromatic carbocycles. The van der Waals surface area contributed by atoms with Crippen LogP contribution in [0.15, 0.2) is 15.9 Å². The van der Waals surface area contributed by atoms with E-state index >= 15 is 0 Å². The van der Waals surface area contributed by atoms with E-state index in [9.17, 15) is 0 Å². The van der Waals surface area contributed by atoms with Gasteiger partial charge in [0.15, 0.2) is 0 Å². The summed E-state index contributed by atoms with van der Waals surface area (Å²) < 4.78 is 6.12. The van der Waals surface area contributed by atoms with Crippen molar-refractivity contribution in [3.63, 3.8) is 0 Å². The van der Waals surface area contributed by atoms with E-state index in [1.165, 1.54) is 4.88 Å². The highest BCUT2D eigenvalue weighted by Crippen LogP contribution is 2.22. The third kappa shape index (κ3) is 4.45. The van der Waals surface area contributed by atoms with Gasteiger partial charge in [0.2, 0.25) is 0 Å². The van der Waals surface area contributed by atoms with Gasteiger partial charge in [-0.2, -0.15) is 0 Å². The third-order valence-corrected chi connectivity index (χ3v) is 3.77. The Morgan fingerprint density at radius 3 is 3.00 bits per heavy atom. The molecule has 0 bridgehead atoms. The Kier molecular flexibility index (Phi) is 5.32. The van der Waals surface area contributed by atoms with Crippen molar-refractivity contribution < 1.29 is 4.74 Å². The maximum absolute atomic E-state index is 6.01. The van der Waals surface area contributed by atoms with Crippen molar-refractivity contribution in [2.45, 2.75) is 18.2 Å². The molecule has 0 saturated carbocycles. The van der Waals surface area contributed by atoms with E-state index < -0.39 is 0 Å². The SMILES string of the molecule is COCC(Cl)CCc1cc(Br)cs1. The van der Waals surface area contributed by atoms with Crippen LogP contribution in [0.1, 0.15) is 11.3 Å². The Bertz CT molecular complexity index is 252. The van der Waals surface area contributed by atoms with Gasteiger partial charge in [-0.1, -0.05) is 0 Å². The lowest BCUT2D eigenvalue weighted by Crippen LogP contribution is -2.07. The third-order valence-electron chi connectivity index (χ3n) is 1.67. The van der Waals surface area contributed by atoms with Crippen LogP contribution in [0.4, 0.5) is 0 Å². The number of ether oxygens (including phenoxy) is 1. The van der Waals surface area contributed by atoms with Gasteiger partial charge in [0.25, 0.3) is 0 Å². The topological polar surface area (TPSA) is 9.23 Å². The molecule has 74 valence electrons. The number of aryl methyl sites for hydroxylation is 1. The number of hydrogen-bond acceptors (Lipinski definition) is 2. The van der Waals surface area contributed by atoms with E-state index in [4.69, 9.17) is 16.3 Å². The monoisotopic (exact) mass is 282 g/mol. The zero-order valence-electron chi connectivity index (χ0n) is 7.43. The van der Waals surface area contributed by atoms with E-state index in [1.54, 1.807) is 18.4 Å². The summed E-state index contributed by atoms with van der Waals surface area (Å²) >= 11 is 11.2. The fraction of sp³-hybridized carbons (Fsp3) is 0.556. The molecule has 0 aliphatic rings. The van der Waals surface area contributed by atoms with Crippen molar-refractivity contribution in [1.29, 1.82) is 0 Å². The molecule has 0 saturated heterocycles. The first-order chi connectivity index (χ1) is 6.22. The zero-order valence-corrected chi connectivity index (χ0v) is 10.6. The van der Waals surface area contributed by atoms with Crippen LogP contribution in [0.3, 0.4) is 0 Å². The van der Waals surface area contributed by atoms with E-state index in [2.05, 4.69) is 27.4 Å². The van der Waals surface area contributed by atoms with Gasteiger partial charge >= 0.3 is 0 Å². The smallest absolute Gasteiger partial charge is 0.0626 e. The van der Waals surface area contributed by atoms with Gasteiger partial charge in [-0.25, -0.2) is 0 Å². The van der Waals surface area contributed by atoms with Crippen LogP contribution in [0.2, 0.25) is 0 Å². The first-order valence-electron chi connectivity index (χ1n) is 4.08. The van der Waals surface area contributed by atoms with Crippen molar-refractivity contribution >= 4 is 38.9 Å². The molecule has 0 fully saturated rings. The minimum absolute atomic E-state index is 0.130. The minimum Gasteiger partial charge on any atom is -0.383 e. The maximum Gasteiger partial charge on any atom is 0.0626 e. The summed E-state index contributed by atoms with van der Waals surface area (Å²) in [5, 5.41) is 2.22. The molecule has 0 spiro atoms. The fourth-order valence-electron chi connectivity index (χ4n) is 1.05. The summed E-state index contributed by atoms with van der Waals surface area (Å²) in [6.45, 7) is 0.633. The van der Waals surface area contributed by atoms with Crippen molar-refractivity contribution in [2.75, 3.05) is 13.7 Å². The Hall–Kier alpha value is 0.430. The lowest BCUT2D eigenvalue weighted by atomic mass is 10.2. The van der Waals surface area contributed by atoms with Crippen LogP contribution in [0, 0.1) is 0 Å². The number of hydrogen-bond donors (Lipinski definition) is 0. The number of rotatable bonds is 5. The molecule has 0 amide bonds. The predicted octanol–water partition coefficient (Wildman–Crippen LogP) is 3.70. The highest BCUT2D eigenvalue weighted by atomic mass is 79.9.